The molecular weight excluding hydrogens is 250 g/mol. The van der Waals surface area contributed by atoms with Gasteiger partial charge in [-0.25, -0.2) is 0 Å². The highest BCUT2D eigenvalue weighted by Gasteiger charge is 2.13. The predicted octanol–water partition coefficient (Wildman–Crippen LogP) is 3.64. The maximum absolute atomic E-state index is 11.2. The van der Waals surface area contributed by atoms with Gasteiger partial charge in [0.25, 0.3) is 0 Å². The topological polar surface area (TPSA) is 39.2 Å². The van der Waals surface area contributed by atoms with Crippen LogP contribution in [0.25, 0.3) is 10.8 Å². The van der Waals surface area contributed by atoms with Gasteiger partial charge < -0.3 is 4.74 Å². The zero-order valence-electron chi connectivity index (χ0n) is 11.7. The molecule has 20 heavy (non-hydrogen) atoms. The SMILES string of the molecule is CCCC#C[C@H](OC(C)=O)c1cc2ccccc2cn1. The lowest BCUT2D eigenvalue weighted by Gasteiger charge is -2.11. The Hall–Kier alpha value is -2.34. The fourth-order valence-electron chi connectivity index (χ4n) is 1.86. The number of hydrogen-bond donors (Lipinski definition) is 0. The molecule has 0 spiro atoms. The third-order valence-corrected chi connectivity index (χ3v) is 2.81. The molecule has 0 radical (unpaired) electrons. The highest BCUT2D eigenvalue weighted by Crippen LogP contribution is 2.20. The summed E-state index contributed by atoms with van der Waals surface area (Å²) in [4.78, 5) is 15.6. The molecule has 3 heteroatoms. The Bertz CT molecular complexity index is 667. The van der Waals surface area contributed by atoms with Crippen LogP contribution in [0, 0.1) is 11.8 Å². The minimum Gasteiger partial charge on any atom is -0.443 e. The van der Waals surface area contributed by atoms with Crippen molar-refractivity contribution in [2.45, 2.75) is 32.8 Å². The summed E-state index contributed by atoms with van der Waals surface area (Å²) in [5.74, 6) is 5.65. The van der Waals surface area contributed by atoms with Gasteiger partial charge in [0.1, 0.15) is 0 Å². The third-order valence-electron chi connectivity index (χ3n) is 2.81. The van der Waals surface area contributed by atoms with Gasteiger partial charge in [0.05, 0.1) is 5.69 Å². The molecule has 2 aromatic rings. The summed E-state index contributed by atoms with van der Waals surface area (Å²) < 4.78 is 5.26. The average molecular weight is 267 g/mol. The molecule has 2 rings (SSSR count). The van der Waals surface area contributed by atoms with Crippen molar-refractivity contribution < 1.29 is 9.53 Å². The average Bonchev–Trinajstić information content (AvgIpc) is 2.45. The van der Waals surface area contributed by atoms with E-state index >= 15 is 0 Å². The fourth-order valence-corrected chi connectivity index (χ4v) is 1.86. The van der Waals surface area contributed by atoms with Crippen LogP contribution in [-0.2, 0) is 9.53 Å². The molecule has 1 atom stereocenters. The number of nitrogens with zero attached hydrogens (tertiary/aromatic N) is 1. The Balaban J connectivity index is 2.34. The number of esters is 1. The molecule has 0 saturated carbocycles. The number of carbonyl (C=O) groups excluding carboxylic acids is 1. The fraction of sp³-hybridized carbons (Fsp3) is 0.294. The van der Waals surface area contributed by atoms with Crippen LogP contribution < -0.4 is 0 Å². The van der Waals surface area contributed by atoms with Crippen LogP contribution in [0.3, 0.4) is 0 Å². The molecule has 1 aromatic carbocycles. The lowest BCUT2D eigenvalue weighted by molar-refractivity contribution is -0.144. The van der Waals surface area contributed by atoms with Gasteiger partial charge in [0.2, 0.25) is 6.10 Å². The highest BCUT2D eigenvalue weighted by molar-refractivity contribution is 5.82. The van der Waals surface area contributed by atoms with E-state index in [1.165, 1.54) is 6.92 Å². The van der Waals surface area contributed by atoms with Gasteiger partial charge in [-0.3, -0.25) is 9.78 Å². The second-order valence-corrected chi connectivity index (χ2v) is 4.52. The van der Waals surface area contributed by atoms with E-state index in [9.17, 15) is 4.79 Å². The summed E-state index contributed by atoms with van der Waals surface area (Å²) in [6, 6.07) is 9.86. The third kappa shape index (κ3) is 3.58. The van der Waals surface area contributed by atoms with E-state index in [1.54, 1.807) is 6.20 Å². The van der Waals surface area contributed by atoms with Gasteiger partial charge in [0.15, 0.2) is 0 Å². The van der Waals surface area contributed by atoms with Crippen molar-refractivity contribution in [1.82, 2.24) is 4.98 Å². The maximum Gasteiger partial charge on any atom is 0.304 e. The molecular formula is C17H17NO2. The molecule has 0 N–H and O–H groups in total. The number of unbranched alkanes of at least 4 members (excludes halogenated alkanes) is 1. The summed E-state index contributed by atoms with van der Waals surface area (Å²) in [5, 5.41) is 2.12. The van der Waals surface area contributed by atoms with Gasteiger partial charge in [-0.15, -0.1) is 0 Å². The van der Waals surface area contributed by atoms with Crippen molar-refractivity contribution in [1.29, 1.82) is 0 Å². The van der Waals surface area contributed by atoms with Crippen molar-refractivity contribution in [3.05, 3.63) is 42.2 Å². The van der Waals surface area contributed by atoms with Crippen molar-refractivity contribution in [3.63, 3.8) is 0 Å². The quantitative estimate of drug-likeness (QED) is 0.629. The molecule has 0 aliphatic carbocycles. The monoisotopic (exact) mass is 267 g/mol. The van der Waals surface area contributed by atoms with Crippen LogP contribution in [0.5, 0.6) is 0 Å². The number of aromatic nitrogens is 1. The molecule has 0 bridgehead atoms. The van der Waals surface area contributed by atoms with Crippen molar-refractivity contribution >= 4 is 16.7 Å². The van der Waals surface area contributed by atoms with Gasteiger partial charge in [-0.2, -0.15) is 0 Å². The molecule has 0 unspecified atom stereocenters. The number of ether oxygens (including phenoxy) is 1. The minimum absolute atomic E-state index is 0.351. The maximum atomic E-state index is 11.2. The summed E-state index contributed by atoms with van der Waals surface area (Å²) in [6.45, 7) is 3.44. The first-order valence-corrected chi connectivity index (χ1v) is 6.71. The van der Waals surface area contributed by atoms with Gasteiger partial charge >= 0.3 is 5.97 Å². The molecule has 1 heterocycles. The van der Waals surface area contributed by atoms with Crippen molar-refractivity contribution in [2.24, 2.45) is 0 Å². The van der Waals surface area contributed by atoms with E-state index in [0.717, 1.165) is 23.6 Å². The van der Waals surface area contributed by atoms with Crippen LogP contribution >= 0.6 is 0 Å². The van der Waals surface area contributed by atoms with E-state index in [0.29, 0.717) is 5.69 Å². The lowest BCUT2D eigenvalue weighted by atomic mass is 10.1. The first-order valence-electron chi connectivity index (χ1n) is 6.71. The number of fused-ring (bicyclic) bond motifs is 1. The second-order valence-electron chi connectivity index (χ2n) is 4.52. The number of benzene rings is 1. The number of hydrogen-bond acceptors (Lipinski definition) is 3. The first-order chi connectivity index (χ1) is 9.70. The molecule has 0 aliphatic rings. The Morgan fingerprint density at radius 3 is 2.80 bits per heavy atom. The number of carbonyl (C=O) groups is 1. The summed E-state index contributed by atoms with van der Waals surface area (Å²) in [6.07, 6.45) is 2.95. The van der Waals surface area contributed by atoms with Crippen LogP contribution in [0.15, 0.2) is 36.5 Å². The van der Waals surface area contributed by atoms with E-state index in [2.05, 4.69) is 23.7 Å². The van der Waals surface area contributed by atoms with Crippen LogP contribution in [0.1, 0.15) is 38.5 Å². The molecule has 1 aromatic heterocycles. The molecule has 102 valence electrons. The largest absolute Gasteiger partial charge is 0.443 e. The smallest absolute Gasteiger partial charge is 0.304 e. The summed E-state index contributed by atoms with van der Waals surface area (Å²) in [5.41, 5.74) is 0.669. The number of pyridine rings is 1. The molecule has 0 fully saturated rings. The first kappa shape index (κ1) is 14.1. The Labute approximate surface area is 119 Å². The van der Waals surface area contributed by atoms with Crippen molar-refractivity contribution in [2.75, 3.05) is 0 Å². The van der Waals surface area contributed by atoms with E-state index < -0.39 is 6.10 Å². The molecule has 0 aliphatic heterocycles. The zero-order valence-corrected chi connectivity index (χ0v) is 11.7. The minimum atomic E-state index is -0.594. The van der Waals surface area contributed by atoms with Gasteiger partial charge in [-0.05, 0) is 17.9 Å². The van der Waals surface area contributed by atoms with Crippen molar-refractivity contribution in [3.8, 4) is 11.8 Å². The molecule has 3 nitrogen and oxygen atoms in total. The Kier molecular flexibility index (Phi) is 4.73. The van der Waals surface area contributed by atoms with E-state index in [1.807, 2.05) is 30.3 Å². The molecule has 0 amide bonds. The summed E-state index contributed by atoms with van der Waals surface area (Å²) in [7, 11) is 0. The Morgan fingerprint density at radius 2 is 2.10 bits per heavy atom. The zero-order chi connectivity index (χ0) is 14.4. The molecule has 0 saturated heterocycles. The van der Waals surface area contributed by atoms with Crippen LogP contribution in [0.2, 0.25) is 0 Å². The van der Waals surface area contributed by atoms with E-state index in [-0.39, 0.29) is 5.97 Å². The Morgan fingerprint density at radius 1 is 1.35 bits per heavy atom. The van der Waals surface area contributed by atoms with Crippen LogP contribution in [-0.4, -0.2) is 11.0 Å². The second kappa shape index (κ2) is 6.72. The highest BCUT2D eigenvalue weighted by atomic mass is 16.5. The standard InChI is InChI=1S/C17H17NO2/c1-3-4-5-10-17(20-13(2)19)16-11-14-8-6-7-9-15(14)12-18-16/h6-9,11-12,17H,3-4H2,1-2H3/t17-/m0/s1. The van der Waals surface area contributed by atoms with Gasteiger partial charge in [0, 0.05) is 24.9 Å². The lowest BCUT2D eigenvalue weighted by Crippen LogP contribution is -2.08. The summed E-state index contributed by atoms with van der Waals surface area (Å²) >= 11 is 0. The van der Waals surface area contributed by atoms with Gasteiger partial charge in [-0.1, -0.05) is 43.0 Å². The van der Waals surface area contributed by atoms with Crippen LogP contribution in [0.4, 0.5) is 0 Å². The predicted molar refractivity (Wildman–Crippen MR) is 78.9 cm³/mol. The normalized spacial score (nSPS) is 11.5. The van der Waals surface area contributed by atoms with E-state index in [4.69, 9.17) is 4.74 Å². The number of rotatable bonds is 3.